The highest BCUT2D eigenvalue weighted by Gasteiger charge is 2.05. The highest BCUT2D eigenvalue weighted by atomic mass is 32.1. The molecular weight excluding hydrogens is 218 g/mol. The summed E-state index contributed by atoms with van der Waals surface area (Å²) in [5, 5.41) is 6.35. The van der Waals surface area contributed by atoms with Crippen molar-refractivity contribution < 1.29 is 0 Å². The Hall–Kier alpha value is -1.68. The molecule has 0 spiro atoms. The van der Waals surface area contributed by atoms with Gasteiger partial charge in [0.25, 0.3) is 0 Å². The second-order valence-corrected chi connectivity index (χ2v) is 4.96. The fourth-order valence-electron chi connectivity index (χ4n) is 1.78. The first-order valence-electron chi connectivity index (χ1n) is 5.07. The molecule has 16 heavy (non-hydrogen) atoms. The minimum Gasteiger partial charge on any atom is -0.266 e. The normalized spacial score (nSPS) is 11.1. The van der Waals surface area contributed by atoms with E-state index in [1.165, 1.54) is 10.4 Å². The molecule has 80 valence electrons. The van der Waals surface area contributed by atoms with Crippen LogP contribution in [-0.2, 0) is 7.05 Å². The van der Waals surface area contributed by atoms with Crippen molar-refractivity contribution in [2.24, 2.45) is 7.05 Å². The van der Waals surface area contributed by atoms with Crippen molar-refractivity contribution in [1.82, 2.24) is 14.8 Å². The third-order valence-corrected chi connectivity index (χ3v) is 3.52. The molecule has 0 fully saturated rings. The van der Waals surface area contributed by atoms with E-state index in [1.807, 2.05) is 17.9 Å². The van der Waals surface area contributed by atoms with Gasteiger partial charge in [-0.15, -0.1) is 11.3 Å². The van der Waals surface area contributed by atoms with Crippen LogP contribution in [0.15, 0.2) is 29.9 Å². The quantitative estimate of drug-likeness (QED) is 0.642. The van der Waals surface area contributed by atoms with E-state index in [4.69, 9.17) is 0 Å². The van der Waals surface area contributed by atoms with Crippen molar-refractivity contribution in [2.45, 2.75) is 6.92 Å². The number of pyridine rings is 1. The number of nitrogens with zero attached hydrogens (tertiary/aromatic N) is 3. The Kier molecular flexibility index (Phi) is 2.04. The first-order chi connectivity index (χ1) is 7.74. The van der Waals surface area contributed by atoms with Gasteiger partial charge in [-0.2, -0.15) is 5.10 Å². The van der Waals surface area contributed by atoms with Crippen LogP contribution in [0.3, 0.4) is 0 Å². The molecule has 0 atom stereocenters. The summed E-state index contributed by atoms with van der Waals surface area (Å²) in [7, 11) is 1.94. The van der Waals surface area contributed by atoms with Crippen molar-refractivity contribution in [3.05, 3.63) is 34.8 Å². The Morgan fingerprint density at radius 3 is 2.81 bits per heavy atom. The molecule has 0 radical (unpaired) electrons. The van der Waals surface area contributed by atoms with Crippen LogP contribution in [0.1, 0.15) is 4.88 Å². The second kappa shape index (κ2) is 3.42. The molecule has 0 aliphatic rings. The fourth-order valence-corrected chi connectivity index (χ4v) is 2.49. The molecule has 0 N–H and O–H groups in total. The summed E-state index contributed by atoms with van der Waals surface area (Å²) < 4.78 is 1.85. The van der Waals surface area contributed by atoms with Crippen molar-refractivity contribution in [2.75, 3.05) is 0 Å². The highest BCUT2D eigenvalue weighted by Crippen LogP contribution is 2.26. The lowest BCUT2D eigenvalue weighted by Gasteiger charge is -1.98. The molecule has 3 aromatic heterocycles. The Balaban J connectivity index is 2.21. The predicted octanol–water partition coefficient (Wildman–Crippen LogP) is 3.01. The molecule has 0 aliphatic heterocycles. The van der Waals surface area contributed by atoms with Crippen LogP contribution in [0.4, 0.5) is 0 Å². The summed E-state index contributed by atoms with van der Waals surface area (Å²) >= 11 is 1.76. The molecular formula is C12H11N3S. The van der Waals surface area contributed by atoms with Crippen molar-refractivity contribution in [3.63, 3.8) is 0 Å². The molecule has 0 saturated carbocycles. The average molecular weight is 229 g/mol. The maximum Gasteiger partial charge on any atom is 0.108 e. The monoisotopic (exact) mass is 229 g/mol. The summed E-state index contributed by atoms with van der Waals surface area (Å²) in [5.41, 5.74) is 4.40. The molecule has 0 bridgehead atoms. The topological polar surface area (TPSA) is 30.7 Å². The van der Waals surface area contributed by atoms with Crippen LogP contribution < -0.4 is 0 Å². The molecule has 0 unspecified atom stereocenters. The average Bonchev–Trinajstić information content (AvgIpc) is 2.86. The lowest BCUT2D eigenvalue weighted by atomic mass is 10.1. The third kappa shape index (κ3) is 1.42. The van der Waals surface area contributed by atoms with E-state index in [0.717, 1.165) is 16.6 Å². The zero-order valence-corrected chi connectivity index (χ0v) is 9.95. The van der Waals surface area contributed by atoms with E-state index >= 15 is 0 Å². The van der Waals surface area contributed by atoms with E-state index in [2.05, 4.69) is 34.5 Å². The van der Waals surface area contributed by atoms with Gasteiger partial charge in [0.05, 0.1) is 11.7 Å². The zero-order chi connectivity index (χ0) is 11.1. The van der Waals surface area contributed by atoms with E-state index in [9.17, 15) is 0 Å². The lowest BCUT2D eigenvalue weighted by molar-refractivity contribution is 0.797. The van der Waals surface area contributed by atoms with E-state index in [1.54, 1.807) is 17.5 Å². The summed E-state index contributed by atoms with van der Waals surface area (Å²) in [6, 6.07) is 4.32. The molecule has 0 aliphatic carbocycles. The Morgan fingerprint density at radius 1 is 1.19 bits per heavy atom. The van der Waals surface area contributed by atoms with Crippen molar-refractivity contribution >= 4 is 22.4 Å². The smallest absolute Gasteiger partial charge is 0.108 e. The molecule has 0 aromatic carbocycles. The van der Waals surface area contributed by atoms with Gasteiger partial charge >= 0.3 is 0 Å². The highest BCUT2D eigenvalue weighted by molar-refractivity contribution is 7.10. The van der Waals surface area contributed by atoms with Crippen LogP contribution in [0.5, 0.6) is 0 Å². The Bertz CT molecular complexity index is 651. The number of hydrogen-bond acceptors (Lipinski definition) is 3. The molecule has 3 aromatic rings. The van der Waals surface area contributed by atoms with Gasteiger partial charge in [-0.1, -0.05) is 0 Å². The SMILES string of the molecule is Cc1cc(-c2cnc3cnn(C)c3c2)cs1. The minimum absolute atomic E-state index is 0.943. The van der Waals surface area contributed by atoms with E-state index < -0.39 is 0 Å². The van der Waals surface area contributed by atoms with Crippen LogP contribution >= 0.6 is 11.3 Å². The van der Waals surface area contributed by atoms with Gasteiger partial charge in [-0.25, -0.2) is 0 Å². The number of rotatable bonds is 1. The third-order valence-electron chi connectivity index (χ3n) is 2.66. The first-order valence-corrected chi connectivity index (χ1v) is 5.95. The lowest BCUT2D eigenvalue weighted by Crippen LogP contribution is -1.89. The number of fused-ring (bicyclic) bond motifs is 1. The molecule has 3 nitrogen and oxygen atoms in total. The first kappa shape index (κ1) is 9.54. The van der Waals surface area contributed by atoms with Crippen LogP contribution in [0.25, 0.3) is 22.2 Å². The summed E-state index contributed by atoms with van der Waals surface area (Å²) in [5.74, 6) is 0. The zero-order valence-electron chi connectivity index (χ0n) is 9.14. The van der Waals surface area contributed by atoms with Crippen LogP contribution in [0.2, 0.25) is 0 Å². The van der Waals surface area contributed by atoms with Gasteiger partial charge in [0.15, 0.2) is 0 Å². The Labute approximate surface area is 97.4 Å². The van der Waals surface area contributed by atoms with Gasteiger partial charge < -0.3 is 0 Å². The number of aryl methyl sites for hydroxylation is 2. The minimum atomic E-state index is 0.943. The van der Waals surface area contributed by atoms with Crippen LogP contribution in [-0.4, -0.2) is 14.8 Å². The predicted molar refractivity (Wildman–Crippen MR) is 66.6 cm³/mol. The van der Waals surface area contributed by atoms with E-state index in [0.29, 0.717) is 0 Å². The van der Waals surface area contributed by atoms with Crippen LogP contribution in [0, 0.1) is 6.92 Å². The summed E-state index contributed by atoms with van der Waals surface area (Å²) in [6.45, 7) is 2.12. The van der Waals surface area contributed by atoms with Gasteiger partial charge in [-0.05, 0) is 30.0 Å². The second-order valence-electron chi connectivity index (χ2n) is 3.84. The van der Waals surface area contributed by atoms with Gasteiger partial charge in [0.2, 0.25) is 0 Å². The standard InChI is InChI=1S/C12H11N3S/c1-8-3-10(7-16-8)9-4-12-11(13-5-9)6-14-15(12)2/h3-7H,1-2H3. The number of aromatic nitrogens is 3. The van der Waals surface area contributed by atoms with Crippen molar-refractivity contribution in [1.29, 1.82) is 0 Å². The van der Waals surface area contributed by atoms with E-state index in [-0.39, 0.29) is 0 Å². The summed E-state index contributed by atoms with van der Waals surface area (Å²) in [4.78, 5) is 5.73. The van der Waals surface area contributed by atoms with Gasteiger partial charge in [-0.3, -0.25) is 9.67 Å². The number of thiophene rings is 1. The van der Waals surface area contributed by atoms with Gasteiger partial charge in [0, 0.05) is 23.7 Å². The molecule has 3 rings (SSSR count). The molecule has 0 saturated heterocycles. The maximum absolute atomic E-state index is 4.41. The summed E-state index contributed by atoms with van der Waals surface area (Å²) in [6.07, 6.45) is 3.70. The number of hydrogen-bond donors (Lipinski definition) is 0. The fraction of sp³-hybridized carbons (Fsp3) is 0.167. The maximum atomic E-state index is 4.41. The molecule has 0 amide bonds. The Morgan fingerprint density at radius 2 is 2.06 bits per heavy atom. The van der Waals surface area contributed by atoms with Crippen molar-refractivity contribution in [3.8, 4) is 11.1 Å². The molecule has 3 heterocycles. The molecule has 4 heteroatoms. The largest absolute Gasteiger partial charge is 0.266 e. The van der Waals surface area contributed by atoms with Gasteiger partial charge in [0.1, 0.15) is 5.52 Å².